The average Bonchev–Trinajstić information content (AvgIpc) is 2.37. The van der Waals surface area contributed by atoms with Crippen LogP contribution < -0.4 is 5.32 Å². The molecule has 17 heavy (non-hydrogen) atoms. The Hall–Kier alpha value is -1.74. The molecular weight excluding hydrogens is 210 g/mol. The molecule has 3 heteroatoms. The SMILES string of the molecule is CNC(c1cnccn1)C1Cc2ccccc21. The third-order valence-corrected chi connectivity index (χ3v) is 3.51. The van der Waals surface area contributed by atoms with Crippen molar-refractivity contribution in [2.24, 2.45) is 0 Å². The van der Waals surface area contributed by atoms with Crippen molar-refractivity contribution in [3.63, 3.8) is 0 Å². The Morgan fingerprint density at radius 2 is 2.18 bits per heavy atom. The summed E-state index contributed by atoms with van der Waals surface area (Å²) < 4.78 is 0. The normalized spacial score (nSPS) is 19.2. The summed E-state index contributed by atoms with van der Waals surface area (Å²) in [5.74, 6) is 0.521. The fourth-order valence-corrected chi connectivity index (χ4v) is 2.62. The van der Waals surface area contributed by atoms with Gasteiger partial charge in [0.1, 0.15) is 0 Å². The van der Waals surface area contributed by atoms with Gasteiger partial charge in [0.25, 0.3) is 0 Å². The van der Waals surface area contributed by atoms with E-state index in [2.05, 4.69) is 39.6 Å². The summed E-state index contributed by atoms with van der Waals surface area (Å²) in [5.41, 5.74) is 3.92. The van der Waals surface area contributed by atoms with E-state index in [0.717, 1.165) is 12.1 Å². The largest absolute Gasteiger partial charge is 0.311 e. The van der Waals surface area contributed by atoms with Crippen LogP contribution >= 0.6 is 0 Å². The van der Waals surface area contributed by atoms with Crippen LogP contribution in [0.15, 0.2) is 42.9 Å². The Morgan fingerprint density at radius 1 is 1.29 bits per heavy atom. The van der Waals surface area contributed by atoms with Crippen molar-refractivity contribution in [1.82, 2.24) is 15.3 Å². The van der Waals surface area contributed by atoms with Gasteiger partial charge in [0.2, 0.25) is 0 Å². The van der Waals surface area contributed by atoms with E-state index in [1.165, 1.54) is 11.1 Å². The average molecular weight is 225 g/mol. The first-order valence-corrected chi connectivity index (χ1v) is 5.91. The van der Waals surface area contributed by atoms with Crippen molar-refractivity contribution in [2.75, 3.05) is 7.05 Å². The van der Waals surface area contributed by atoms with E-state index >= 15 is 0 Å². The van der Waals surface area contributed by atoms with E-state index in [9.17, 15) is 0 Å². The van der Waals surface area contributed by atoms with E-state index in [1.54, 1.807) is 12.4 Å². The number of rotatable bonds is 3. The molecule has 0 radical (unpaired) electrons. The van der Waals surface area contributed by atoms with Gasteiger partial charge in [-0.15, -0.1) is 0 Å². The van der Waals surface area contributed by atoms with Gasteiger partial charge in [-0.3, -0.25) is 9.97 Å². The summed E-state index contributed by atoms with van der Waals surface area (Å²) in [5, 5.41) is 3.36. The van der Waals surface area contributed by atoms with Crippen molar-refractivity contribution in [2.45, 2.75) is 18.4 Å². The number of hydrogen-bond acceptors (Lipinski definition) is 3. The Morgan fingerprint density at radius 3 is 2.88 bits per heavy atom. The second kappa shape index (κ2) is 4.26. The monoisotopic (exact) mass is 225 g/mol. The van der Waals surface area contributed by atoms with E-state index in [4.69, 9.17) is 0 Å². The van der Waals surface area contributed by atoms with Crippen LogP contribution in [0, 0.1) is 0 Å². The number of nitrogens with zero attached hydrogens (tertiary/aromatic N) is 2. The molecule has 1 aromatic heterocycles. The minimum absolute atomic E-state index is 0.263. The molecule has 0 spiro atoms. The predicted molar refractivity (Wildman–Crippen MR) is 66.7 cm³/mol. The molecule has 1 aliphatic carbocycles. The lowest BCUT2D eigenvalue weighted by molar-refractivity contribution is 0.429. The van der Waals surface area contributed by atoms with E-state index < -0.39 is 0 Å². The van der Waals surface area contributed by atoms with Gasteiger partial charge in [-0.1, -0.05) is 24.3 Å². The number of aromatic nitrogens is 2. The molecule has 1 aliphatic rings. The third kappa shape index (κ3) is 1.72. The molecule has 0 aliphatic heterocycles. The topological polar surface area (TPSA) is 37.8 Å². The summed E-state index contributed by atoms with van der Waals surface area (Å²) in [6.45, 7) is 0. The van der Waals surface area contributed by atoms with Gasteiger partial charge in [0.05, 0.1) is 11.7 Å². The molecule has 86 valence electrons. The van der Waals surface area contributed by atoms with Crippen molar-refractivity contribution in [1.29, 1.82) is 0 Å². The first-order valence-electron chi connectivity index (χ1n) is 5.91. The summed E-state index contributed by atoms with van der Waals surface area (Å²) in [7, 11) is 1.99. The molecule has 2 aromatic rings. The minimum Gasteiger partial charge on any atom is -0.311 e. The van der Waals surface area contributed by atoms with Gasteiger partial charge < -0.3 is 5.32 Å². The summed E-state index contributed by atoms with van der Waals surface area (Å²) in [6, 6.07) is 8.89. The molecule has 3 nitrogen and oxygen atoms in total. The fourth-order valence-electron chi connectivity index (χ4n) is 2.62. The second-order valence-electron chi connectivity index (χ2n) is 4.41. The molecular formula is C14H15N3. The Kier molecular flexibility index (Phi) is 2.61. The molecule has 1 aromatic carbocycles. The molecule has 0 saturated heterocycles. The number of likely N-dealkylation sites (N-methyl/N-ethyl adjacent to an activating group) is 1. The highest BCUT2D eigenvalue weighted by molar-refractivity contribution is 5.42. The molecule has 2 atom stereocenters. The zero-order valence-corrected chi connectivity index (χ0v) is 9.80. The van der Waals surface area contributed by atoms with Crippen molar-refractivity contribution in [3.05, 3.63) is 59.7 Å². The molecule has 0 bridgehead atoms. The van der Waals surface area contributed by atoms with Gasteiger partial charge in [-0.2, -0.15) is 0 Å². The molecule has 0 fully saturated rings. The van der Waals surface area contributed by atoms with Crippen molar-refractivity contribution in [3.8, 4) is 0 Å². The quantitative estimate of drug-likeness (QED) is 0.869. The Balaban J connectivity index is 1.90. The number of nitrogens with one attached hydrogen (secondary N) is 1. The van der Waals surface area contributed by atoms with E-state index in [1.807, 2.05) is 13.2 Å². The zero-order valence-electron chi connectivity index (χ0n) is 9.80. The fraction of sp³-hybridized carbons (Fsp3) is 0.286. The number of fused-ring (bicyclic) bond motifs is 1. The molecule has 0 amide bonds. The first kappa shape index (κ1) is 10.4. The van der Waals surface area contributed by atoms with Gasteiger partial charge in [0, 0.05) is 24.5 Å². The lowest BCUT2D eigenvalue weighted by atomic mass is 9.73. The molecule has 1 heterocycles. The second-order valence-corrected chi connectivity index (χ2v) is 4.41. The lowest BCUT2D eigenvalue weighted by Gasteiger charge is -2.36. The van der Waals surface area contributed by atoms with Gasteiger partial charge >= 0.3 is 0 Å². The van der Waals surface area contributed by atoms with Crippen LogP contribution in [0.4, 0.5) is 0 Å². The van der Waals surface area contributed by atoms with Crippen LogP contribution in [0.25, 0.3) is 0 Å². The minimum atomic E-state index is 0.263. The summed E-state index contributed by atoms with van der Waals surface area (Å²) >= 11 is 0. The van der Waals surface area contributed by atoms with E-state index in [0.29, 0.717) is 5.92 Å². The zero-order chi connectivity index (χ0) is 11.7. The number of hydrogen-bond donors (Lipinski definition) is 1. The maximum Gasteiger partial charge on any atom is 0.0762 e. The molecule has 2 unspecified atom stereocenters. The van der Waals surface area contributed by atoms with Crippen LogP contribution in [-0.4, -0.2) is 17.0 Å². The molecule has 1 N–H and O–H groups in total. The van der Waals surface area contributed by atoms with Crippen LogP contribution in [0.1, 0.15) is 28.8 Å². The molecule has 3 rings (SSSR count). The molecule has 0 saturated carbocycles. The highest BCUT2D eigenvalue weighted by Gasteiger charge is 2.33. The highest BCUT2D eigenvalue weighted by atomic mass is 14.9. The maximum atomic E-state index is 4.40. The van der Waals surface area contributed by atoms with Crippen LogP contribution in [-0.2, 0) is 6.42 Å². The lowest BCUT2D eigenvalue weighted by Crippen LogP contribution is -2.31. The predicted octanol–water partition coefficient (Wildman–Crippen LogP) is 2.08. The van der Waals surface area contributed by atoms with Crippen LogP contribution in [0.3, 0.4) is 0 Å². The van der Waals surface area contributed by atoms with Crippen molar-refractivity contribution < 1.29 is 0 Å². The number of benzene rings is 1. The highest BCUT2D eigenvalue weighted by Crippen LogP contribution is 2.42. The summed E-state index contributed by atoms with van der Waals surface area (Å²) in [6.07, 6.45) is 6.44. The van der Waals surface area contributed by atoms with Gasteiger partial charge in [0.15, 0.2) is 0 Å². The van der Waals surface area contributed by atoms with Gasteiger partial charge in [-0.25, -0.2) is 0 Å². The third-order valence-electron chi connectivity index (χ3n) is 3.51. The Labute approximate surface area is 101 Å². The smallest absolute Gasteiger partial charge is 0.0762 e. The van der Waals surface area contributed by atoms with Gasteiger partial charge in [-0.05, 0) is 24.6 Å². The van der Waals surface area contributed by atoms with Crippen LogP contribution in [0.5, 0.6) is 0 Å². The van der Waals surface area contributed by atoms with E-state index in [-0.39, 0.29) is 6.04 Å². The first-order chi connectivity index (χ1) is 8.40. The Bertz CT molecular complexity index is 510. The van der Waals surface area contributed by atoms with Crippen molar-refractivity contribution >= 4 is 0 Å². The summed E-state index contributed by atoms with van der Waals surface area (Å²) in [4.78, 5) is 8.55. The maximum absolute atomic E-state index is 4.40. The standard InChI is InChI=1S/C14H15N3/c1-15-14(13-9-16-6-7-17-13)12-8-10-4-2-3-5-11(10)12/h2-7,9,12,14-15H,8H2,1H3. The van der Waals surface area contributed by atoms with Crippen LogP contribution in [0.2, 0.25) is 0 Å².